The predicted octanol–water partition coefficient (Wildman–Crippen LogP) is -6.45. The molecule has 15 atom stereocenters. The lowest BCUT2D eigenvalue weighted by Crippen LogP contribution is -2.70. The van der Waals surface area contributed by atoms with Crippen LogP contribution in [0.4, 0.5) is 4.79 Å². The van der Waals surface area contributed by atoms with Crippen LogP contribution in [0.25, 0.3) is 0 Å². The zero-order chi connectivity index (χ0) is 35.0. The summed E-state index contributed by atoms with van der Waals surface area (Å²) in [4.78, 5) is 35.6. The van der Waals surface area contributed by atoms with E-state index in [1.807, 2.05) is 0 Å². The molecule has 47 heavy (non-hydrogen) atoms. The summed E-state index contributed by atoms with van der Waals surface area (Å²) in [5, 5.41) is 100. The van der Waals surface area contributed by atoms with Crippen molar-refractivity contribution in [1.82, 2.24) is 16.0 Å². The zero-order valence-electron chi connectivity index (χ0n) is 25.6. The van der Waals surface area contributed by atoms with E-state index in [1.165, 1.54) is 6.92 Å². The summed E-state index contributed by atoms with van der Waals surface area (Å²) in [6.07, 6.45) is -23.2. The molecule has 0 bridgehead atoms. The van der Waals surface area contributed by atoms with Gasteiger partial charge in [-0.3, -0.25) is 9.59 Å². The second-order valence-corrected chi connectivity index (χ2v) is 12.5. The van der Waals surface area contributed by atoms with Crippen LogP contribution in [0.5, 0.6) is 0 Å². The Morgan fingerprint density at radius 1 is 0.681 bits per heavy atom. The van der Waals surface area contributed by atoms with Gasteiger partial charge in [0.2, 0.25) is 5.91 Å². The Bertz CT molecular complexity index is 1030. The molecule has 12 N–H and O–H groups in total. The maximum Gasteiger partial charge on any atom is 0.316 e. The molecular formula is C26H45N3O17S. The first-order valence-electron chi connectivity index (χ1n) is 14.9. The number of carbonyl (C=O) groups excluding carboxylic acids is 3. The molecule has 15 unspecified atom stereocenters. The van der Waals surface area contributed by atoms with Gasteiger partial charge in [-0.25, -0.2) is 4.79 Å². The average Bonchev–Trinajstić information content (AvgIpc) is 3.02. The molecule has 0 saturated carbocycles. The van der Waals surface area contributed by atoms with Crippen LogP contribution in [0.2, 0.25) is 0 Å². The Kier molecular flexibility index (Phi) is 15.4. The first-order valence-corrected chi connectivity index (χ1v) is 15.9. The van der Waals surface area contributed by atoms with E-state index in [0.717, 1.165) is 18.7 Å². The Hall–Kier alpha value is -1.80. The number of aliphatic hydroxyl groups excluding tert-OH is 9. The fraction of sp³-hybridized carbons (Fsp3) is 0.885. The van der Waals surface area contributed by atoms with E-state index >= 15 is 0 Å². The van der Waals surface area contributed by atoms with Gasteiger partial charge in [-0.15, -0.1) is 0 Å². The third-order valence-corrected chi connectivity index (χ3v) is 8.61. The van der Waals surface area contributed by atoms with Gasteiger partial charge in [0.1, 0.15) is 73.2 Å². The molecule has 3 heterocycles. The lowest BCUT2D eigenvalue weighted by molar-refractivity contribution is -0.372. The third-order valence-electron chi connectivity index (χ3n) is 7.71. The number of aliphatic hydroxyl groups is 9. The van der Waals surface area contributed by atoms with Crippen LogP contribution in [-0.4, -0.2) is 187 Å². The highest BCUT2D eigenvalue weighted by molar-refractivity contribution is 8.13. The molecule has 3 amide bonds. The number of carbonyl (C=O) groups is 3. The SMILES string of the molecule is CC(=O)NC1C(NC(=O)NCCCSC(C)=O)OC(CO)C(OC2OC(CO)C(O)C(OC3OC(CO)C(O)C(O)C3O)C2O)C1O. The maximum absolute atomic E-state index is 12.5. The van der Waals surface area contributed by atoms with Crippen LogP contribution in [0.15, 0.2) is 0 Å². The topological polar surface area (TPSA) is 316 Å². The van der Waals surface area contributed by atoms with Crippen molar-refractivity contribution < 1.29 is 84.0 Å². The molecule has 0 aromatic heterocycles. The molecule has 272 valence electrons. The van der Waals surface area contributed by atoms with Gasteiger partial charge in [-0.05, 0) is 6.42 Å². The highest BCUT2D eigenvalue weighted by Gasteiger charge is 2.54. The zero-order valence-corrected chi connectivity index (χ0v) is 26.4. The van der Waals surface area contributed by atoms with Crippen molar-refractivity contribution in [2.45, 2.75) is 112 Å². The van der Waals surface area contributed by atoms with Crippen LogP contribution in [-0.2, 0) is 33.3 Å². The van der Waals surface area contributed by atoms with Crippen LogP contribution in [0, 0.1) is 0 Å². The first kappa shape index (κ1) is 39.6. The molecule has 0 aliphatic carbocycles. The summed E-state index contributed by atoms with van der Waals surface area (Å²) in [6.45, 7) is 0.285. The molecule has 3 saturated heterocycles. The molecule has 3 aliphatic heterocycles. The van der Waals surface area contributed by atoms with E-state index < -0.39 is 124 Å². The Morgan fingerprint density at radius 3 is 1.83 bits per heavy atom. The van der Waals surface area contributed by atoms with E-state index in [4.69, 9.17) is 23.7 Å². The number of nitrogens with one attached hydrogen (secondary N) is 3. The molecule has 0 aromatic carbocycles. The lowest BCUT2D eigenvalue weighted by Gasteiger charge is -2.49. The number of thioether (sulfide) groups is 1. The van der Waals surface area contributed by atoms with E-state index in [2.05, 4.69) is 16.0 Å². The number of hydrogen-bond acceptors (Lipinski definition) is 18. The van der Waals surface area contributed by atoms with Gasteiger partial charge in [-0.2, -0.15) is 0 Å². The summed E-state index contributed by atoms with van der Waals surface area (Å²) >= 11 is 1.09. The van der Waals surface area contributed by atoms with E-state index in [1.54, 1.807) is 0 Å². The third kappa shape index (κ3) is 10.1. The Balaban J connectivity index is 1.75. The second kappa shape index (κ2) is 18.3. The van der Waals surface area contributed by atoms with Gasteiger partial charge >= 0.3 is 6.03 Å². The molecule has 3 aliphatic rings. The average molecular weight is 704 g/mol. The number of ether oxygens (including phenoxy) is 5. The van der Waals surface area contributed by atoms with Crippen molar-refractivity contribution in [2.75, 3.05) is 32.1 Å². The number of rotatable bonds is 13. The molecule has 0 aromatic rings. The van der Waals surface area contributed by atoms with Gasteiger partial charge < -0.3 is 85.6 Å². The van der Waals surface area contributed by atoms with Crippen LogP contribution >= 0.6 is 11.8 Å². The standard InChI is InChI=1S/C26H45N3O17S/c1-9(33)28-14-17(37)21(13(8-32)42-23(14)29-26(41)27-4-3-5-47-10(2)34)45-25-20(40)22(16(36)12(7-31)44-25)46-24-19(39)18(38)15(35)11(6-30)43-24/h11-25,30-32,35-40H,3-8H2,1-2H3,(H,28,33)(H2,27,29,41). The molecular weight excluding hydrogens is 658 g/mol. The fourth-order valence-electron chi connectivity index (χ4n) is 5.27. The largest absolute Gasteiger partial charge is 0.394 e. The number of amides is 3. The molecule has 3 fully saturated rings. The Labute approximate surface area is 273 Å². The van der Waals surface area contributed by atoms with Gasteiger partial charge in [0.05, 0.1) is 19.8 Å². The van der Waals surface area contributed by atoms with E-state index in [-0.39, 0.29) is 11.7 Å². The van der Waals surface area contributed by atoms with Gasteiger partial charge in [0.15, 0.2) is 23.9 Å². The summed E-state index contributed by atoms with van der Waals surface area (Å²) in [6, 6.07) is -2.12. The van der Waals surface area contributed by atoms with Crippen molar-refractivity contribution in [3.05, 3.63) is 0 Å². The number of urea groups is 1. The van der Waals surface area contributed by atoms with Crippen LogP contribution < -0.4 is 16.0 Å². The highest BCUT2D eigenvalue weighted by atomic mass is 32.2. The van der Waals surface area contributed by atoms with Crippen molar-refractivity contribution in [2.24, 2.45) is 0 Å². The summed E-state index contributed by atoms with van der Waals surface area (Å²) in [7, 11) is 0. The fourth-order valence-corrected chi connectivity index (χ4v) is 5.85. The monoisotopic (exact) mass is 703 g/mol. The van der Waals surface area contributed by atoms with Crippen molar-refractivity contribution in [1.29, 1.82) is 0 Å². The predicted molar refractivity (Wildman–Crippen MR) is 155 cm³/mol. The van der Waals surface area contributed by atoms with Crippen molar-refractivity contribution in [3.63, 3.8) is 0 Å². The van der Waals surface area contributed by atoms with Gasteiger partial charge in [0, 0.05) is 26.1 Å². The minimum Gasteiger partial charge on any atom is -0.394 e. The quantitative estimate of drug-likeness (QED) is 0.0794. The molecule has 21 heteroatoms. The first-order chi connectivity index (χ1) is 22.2. The normalized spacial score (nSPS) is 40.8. The van der Waals surface area contributed by atoms with E-state index in [0.29, 0.717) is 12.2 Å². The minimum absolute atomic E-state index is 0.0740. The van der Waals surface area contributed by atoms with E-state index in [9.17, 15) is 60.3 Å². The summed E-state index contributed by atoms with van der Waals surface area (Å²) in [5.41, 5.74) is 0. The maximum atomic E-state index is 12.5. The molecule has 3 rings (SSSR count). The summed E-state index contributed by atoms with van der Waals surface area (Å²) in [5.74, 6) is -0.177. The summed E-state index contributed by atoms with van der Waals surface area (Å²) < 4.78 is 27.9. The lowest BCUT2D eigenvalue weighted by atomic mass is 9.94. The smallest absolute Gasteiger partial charge is 0.316 e. The van der Waals surface area contributed by atoms with Gasteiger partial charge in [0.25, 0.3) is 0 Å². The Morgan fingerprint density at radius 2 is 1.26 bits per heavy atom. The van der Waals surface area contributed by atoms with Crippen LogP contribution in [0.1, 0.15) is 20.3 Å². The minimum atomic E-state index is -1.96. The van der Waals surface area contributed by atoms with Crippen molar-refractivity contribution in [3.8, 4) is 0 Å². The molecule has 20 nitrogen and oxygen atoms in total. The highest BCUT2D eigenvalue weighted by Crippen LogP contribution is 2.32. The number of hydrogen-bond donors (Lipinski definition) is 12. The van der Waals surface area contributed by atoms with Gasteiger partial charge in [-0.1, -0.05) is 11.8 Å². The van der Waals surface area contributed by atoms with Crippen molar-refractivity contribution >= 4 is 28.8 Å². The second-order valence-electron chi connectivity index (χ2n) is 11.2. The molecule has 0 spiro atoms. The molecule has 0 radical (unpaired) electrons. The van der Waals surface area contributed by atoms with Crippen LogP contribution in [0.3, 0.4) is 0 Å².